The molecular weight excluding hydrogens is 505 g/mol. The lowest BCUT2D eigenvalue weighted by atomic mass is 10.2. The van der Waals surface area contributed by atoms with Crippen LogP contribution in [0.5, 0.6) is 5.75 Å². The summed E-state index contributed by atoms with van der Waals surface area (Å²) in [5, 5.41) is 11.1. The van der Waals surface area contributed by atoms with Crippen LogP contribution in [-0.4, -0.2) is 29.8 Å². The van der Waals surface area contributed by atoms with Crippen molar-refractivity contribution in [1.29, 1.82) is 0 Å². The van der Waals surface area contributed by atoms with Crippen molar-refractivity contribution in [2.75, 3.05) is 13.7 Å². The number of nitrogens with one attached hydrogen (secondary N) is 2. The highest BCUT2D eigenvalue weighted by atomic mass is 127. The molecule has 0 aliphatic carbocycles. The van der Waals surface area contributed by atoms with Crippen molar-refractivity contribution in [2.45, 2.75) is 20.0 Å². The molecule has 0 amide bonds. The van der Waals surface area contributed by atoms with E-state index in [1.807, 2.05) is 43.3 Å². The molecule has 0 saturated carbocycles. The third-order valence-electron chi connectivity index (χ3n) is 3.88. The predicted octanol–water partition coefficient (Wildman–Crippen LogP) is 4.27. The standard InChI is InChI=1S/C20H22ClN5O2.HI/c1-3-22-20(23-12-14-5-4-6-17(11-14)27-2)24-13-18-25-19(26-28-18)15-7-9-16(21)10-8-15;/h4-11H,3,12-13H2,1-2H3,(H2,22,23,24);1H. The van der Waals surface area contributed by atoms with Crippen LogP contribution < -0.4 is 15.4 Å². The van der Waals surface area contributed by atoms with Crippen molar-refractivity contribution in [2.24, 2.45) is 4.99 Å². The first-order valence-electron chi connectivity index (χ1n) is 8.91. The third kappa shape index (κ3) is 6.90. The minimum Gasteiger partial charge on any atom is -0.497 e. The average Bonchev–Trinajstić information content (AvgIpc) is 3.20. The molecule has 0 bridgehead atoms. The molecule has 154 valence electrons. The zero-order valence-corrected chi connectivity index (χ0v) is 19.3. The van der Waals surface area contributed by atoms with Crippen LogP contribution in [-0.2, 0) is 13.1 Å². The quantitative estimate of drug-likeness (QED) is 0.271. The zero-order valence-electron chi connectivity index (χ0n) is 16.2. The highest BCUT2D eigenvalue weighted by Gasteiger charge is 2.09. The third-order valence-corrected chi connectivity index (χ3v) is 4.13. The van der Waals surface area contributed by atoms with Crippen molar-refractivity contribution < 1.29 is 9.26 Å². The second kappa shape index (κ2) is 11.6. The normalized spacial score (nSPS) is 10.9. The molecule has 0 radical (unpaired) electrons. The number of halogens is 2. The van der Waals surface area contributed by atoms with E-state index < -0.39 is 0 Å². The molecule has 0 unspecified atom stereocenters. The number of hydrogen-bond donors (Lipinski definition) is 2. The van der Waals surface area contributed by atoms with Crippen LogP contribution in [0.25, 0.3) is 11.4 Å². The van der Waals surface area contributed by atoms with Gasteiger partial charge in [0.15, 0.2) is 5.96 Å². The van der Waals surface area contributed by atoms with Gasteiger partial charge in [-0.1, -0.05) is 28.9 Å². The van der Waals surface area contributed by atoms with E-state index in [9.17, 15) is 0 Å². The fourth-order valence-electron chi connectivity index (χ4n) is 2.49. The molecule has 3 aromatic rings. The van der Waals surface area contributed by atoms with Gasteiger partial charge < -0.3 is 19.9 Å². The van der Waals surface area contributed by atoms with Crippen molar-refractivity contribution in [3.63, 3.8) is 0 Å². The fraction of sp³-hybridized carbons (Fsp3) is 0.250. The molecule has 2 N–H and O–H groups in total. The summed E-state index contributed by atoms with van der Waals surface area (Å²) < 4.78 is 10.6. The topological polar surface area (TPSA) is 84.6 Å². The van der Waals surface area contributed by atoms with Crippen LogP contribution in [0.3, 0.4) is 0 Å². The molecule has 9 heteroatoms. The van der Waals surface area contributed by atoms with Gasteiger partial charge in [-0.25, -0.2) is 4.99 Å². The maximum absolute atomic E-state index is 5.91. The fourth-order valence-corrected chi connectivity index (χ4v) is 2.61. The highest BCUT2D eigenvalue weighted by molar-refractivity contribution is 14.0. The number of methoxy groups -OCH3 is 1. The second-order valence-corrected chi connectivity index (χ2v) is 6.36. The number of aromatic nitrogens is 2. The van der Waals surface area contributed by atoms with Gasteiger partial charge in [-0.05, 0) is 48.9 Å². The van der Waals surface area contributed by atoms with Gasteiger partial charge in [0.2, 0.25) is 11.7 Å². The lowest BCUT2D eigenvalue weighted by Crippen LogP contribution is -2.36. The first-order chi connectivity index (χ1) is 13.7. The number of ether oxygens (including phenoxy) is 1. The van der Waals surface area contributed by atoms with Gasteiger partial charge in [0.25, 0.3) is 0 Å². The molecule has 7 nitrogen and oxygen atoms in total. The zero-order chi connectivity index (χ0) is 19.8. The van der Waals surface area contributed by atoms with Crippen LogP contribution in [0.2, 0.25) is 5.02 Å². The van der Waals surface area contributed by atoms with Gasteiger partial charge in [-0.3, -0.25) is 0 Å². The maximum Gasteiger partial charge on any atom is 0.246 e. The monoisotopic (exact) mass is 527 g/mol. The van der Waals surface area contributed by atoms with Crippen LogP contribution in [0.4, 0.5) is 0 Å². The second-order valence-electron chi connectivity index (χ2n) is 5.92. The number of aliphatic imine (C=N–C) groups is 1. The van der Waals surface area contributed by atoms with E-state index >= 15 is 0 Å². The van der Waals surface area contributed by atoms with Crippen LogP contribution >= 0.6 is 35.6 Å². The molecule has 0 fully saturated rings. The van der Waals surface area contributed by atoms with Crippen LogP contribution in [0.1, 0.15) is 18.4 Å². The minimum atomic E-state index is 0. The molecule has 29 heavy (non-hydrogen) atoms. The Morgan fingerprint density at radius 2 is 1.97 bits per heavy atom. The molecule has 3 rings (SSSR count). The molecule has 2 aromatic carbocycles. The average molecular weight is 528 g/mol. The van der Waals surface area contributed by atoms with Gasteiger partial charge in [0.1, 0.15) is 5.75 Å². The van der Waals surface area contributed by atoms with Gasteiger partial charge in [-0.15, -0.1) is 24.0 Å². The number of nitrogens with zero attached hydrogens (tertiary/aromatic N) is 3. The van der Waals surface area contributed by atoms with Crippen molar-refractivity contribution in [1.82, 2.24) is 20.8 Å². The van der Waals surface area contributed by atoms with E-state index in [0.29, 0.717) is 35.8 Å². The Bertz CT molecular complexity index is 931. The summed E-state index contributed by atoms with van der Waals surface area (Å²) in [7, 11) is 1.65. The Kier molecular flexibility index (Phi) is 9.20. The van der Waals surface area contributed by atoms with Crippen LogP contribution in [0.15, 0.2) is 58.0 Å². The first-order valence-corrected chi connectivity index (χ1v) is 9.29. The molecule has 0 saturated heterocycles. The summed E-state index contributed by atoms with van der Waals surface area (Å²) in [4.78, 5) is 8.98. The highest BCUT2D eigenvalue weighted by Crippen LogP contribution is 2.18. The SMILES string of the molecule is CCNC(=NCc1cccc(OC)c1)NCc1nc(-c2ccc(Cl)cc2)no1.I. The summed E-state index contributed by atoms with van der Waals surface area (Å²) in [6.07, 6.45) is 0. The molecule has 1 aromatic heterocycles. The van der Waals surface area contributed by atoms with Crippen molar-refractivity contribution >= 4 is 41.5 Å². The number of guanidine groups is 1. The largest absolute Gasteiger partial charge is 0.497 e. The Morgan fingerprint density at radius 3 is 2.69 bits per heavy atom. The predicted molar refractivity (Wildman–Crippen MR) is 125 cm³/mol. The van der Waals surface area contributed by atoms with Gasteiger partial charge in [-0.2, -0.15) is 4.98 Å². The van der Waals surface area contributed by atoms with E-state index in [1.54, 1.807) is 19.2 Å². The molecule has 0 aliphatic heterocycles. The van der Waals surface area contributed by atoms with Crippen molar-refractivity contribution in [3.8, 4) is 17.1 Å². The van der Waals surface area contributed by atoms with E-state index in [1.165, 1.54) is 0 Å². The Morgan fingerprint density at radius 1 is 1.17 bits per heavy atom. The molecule has 0 atom stereocenters. The first kappa shape index (κ1) is 23.0. The van der Waals surface area contributed by atoms with Gasteiger partial charge in [0, 0.05) is 17.1 Å². The van der Waals surface area contributed by atoms with E-state index in [2.05, 4.69) is 25.8 Å². The van der Waals surface area contributed by atoms with E-state index in [0.717, 1.165) is 23.4 Å². The van der Waals surface area contributed by atoms with E-state index in [4.69, 9.17) is 20.9 Å². The molecular formula is C20H23ClIN5O2. The van der Waals surface area contributed by atoms with Gasteiger partial charge >= 0.3 is 0 Å². The van der Waals surface area contributed by atoms with E-state index in [-0.39, 0.29) is 24.0 Å². The Balaban J connectivity index is 0.00000300. The smallest absolute Gasteiger partial charge is 0.246 e. The van der Waals surface area contributed by atoms with Gasteiger partial charge in [0.05, 0.1) is 20.2 Å². The van der Waals surface area contributed by atoms with Crippen molar-refractivity contribution in [3.05, 3.63) is 65.0 Å². The number of benzene rings is 2. The summed E-state index contributed by atoms with van der Waals surface area (Å²) >= 11 is 5.91. The number of rotatable bonds is 7. The maximum atomic E-state index is 5.91. The molecule has 0 aliphatic rings. The summed E-state index contributed by atoms with van der Waals surface area (Å²) in [6.45, 7) is 3.63. The Labute approximate surface area is 191 Å². The summed E-state index contributed by atoms with van der Waals surface area (Å²) in [6, 6.07) is 15.1. The number of hydrogen-bond acceptors (Lipinski definition) is 5. The molecule has 0 spiro atoms. The molecule has 1 heterocycles. The minimum absolute atomic E-state index is 0. The summed E-state index contributed by atoms with van der Waals surface area (Å²) in [5.74, 6) is 2.46. The summed E-state index contributed by atoms with van der Waals surface area (Å²) in [5.41, 5.74) is 1.90. The lowest BCUT2D eigenvalue weighted by Gasteiger charge is -2.09. The van der Waals surface area contributed by atoms with Crippen LogP contribution in [0, 0.1) is 0 Å². The lowest BCUT2D eigenvalue weighted by molar-refractivity contribution is 0.375. The Hall–Kier alpha value is -2.33.